The summed E-state index contributed by atoms with van der Waals surface area (Å²) in [5, 5.41) is 3.17. The van der Waals surface area contributed by atoms with Crippen molar-refractivity contribution in [1.29, 1.82) is 0 Å². The average molecular weight is 456 g/mol. The number of sulfonamides is 1. The van der Waals surface area contributed by atoms with Gasteiger partial charge in [0.1, 0.15) is 28.9 Å². The fourth-order valence-corrected chi connectivity index (χ4v) is 3.73. The number of nitrogens with zero attached hydrogens (tertiary/aromatic N) is 1. The van der Waals surface area contributed by atoms with Gasteiger partial charge in [0.15, 0.2) is 0 Å². The lowest BCUT2D eigenvalue weighted by atomic mass is 10.2. The van der Waals surface area contributed by atoms with Gasteiger partial charge in [-0.3, -0.25) is 9.71 Å². The Kier molecular flexibility index (Phi) is 7.96. The van der Waals surface area contributed by atoms with Gasteiger partial charge >= 0.3 is 0 Å². The molecule has 2 aromatic carbocycles. The van der Waals surface area contributed by atoms with Crippen molar-refractivity contribution >= 4 is 33.8 Å². The highest BCUT2D eigenvalue weighted by atomic mass is 35.5. The standard InChI is InChI=1S/C20H19F2N3O3S.ClH/c1-14-10-17(25-29(26,27)20-3-2-15(21)12-19(20)22)13-18(11-14)28-9-8-24-16-4-6-23-7-5-16;/h2-7,10-13,25H,8-9H2,1H3,(H,23,24);1H. The molecule has 0 spiro atoms. The Hall–Kier alpha value is -2.91. The largest absolute Gasteiger partial charge is 0.492 e. The van der Waals surface area contributed by atoms with Crippen molar-refractivity contribution in [3.05, 3.63) is 78.1 Å². The zero-order valence-corrected chi connectivity index (χ0v) is 17.6. The van der Waals surface area contributed by atoms with Crippen LogP contribution in [0, 0.1) is 18.6 Å². The molecule has 0 amide bonds. The van der Waals surface area contributed by atoms with Crippen LogP contribution in [-0.4, -0.2) is 26.6 Å². The lowest BCUT2D eigenvalue weighted by Gasteiger charge is -2.13. The van der Waals surface area contributed by atoms with E-state index in [0.29, 0.717) is 25.0 Å². The number of hydrogen-bond acceptors (Lipinski definition) is 5. The molecule has 3 aromatic rings. The molecule has 1 heterocycles. The first-order valence-corrected chi connectivity index (χ1v) is 10.2. The quantitative estimate of drug-likeness (QED) is 0.493. The van der Waals surface area contributed by atoms with E-state index >= 15 is 0 Å². The number of nitrogens with one attached hydrogen (secondary N) is 2. The van der Waals surface area contributed by atoms with E-state index in [0.717, 1.165) is 23.4 Å². The Morgan fingerprint density at radius 2 is 1.73 bits per heavy atom. The molecule has 0 saturated heterocycles. The van der Waals surface area contributed by atoms with Crippen LogP contribution in [0.3, 0.4) is 0 Å². The van der Waals surface area contributed by atoms with Gasteiger partial charge in [0, 0.05) is 36.8 Å². The zero-order chi connectivity index (χ0) is 20.9. The molecule has 1 aromatic heterocycles. The third-order valence-electron chi connectivity index (χ3n) is 3.87. The van der Waals surface area contributed by atoms with Gasteiger partial charge in [0.25, 0.3) is 10.0 Å². The third kappa shape index (κ3) is 6.30. The van der Waals surface area contributed by atoms with Crippen LogP contribution in [0.1, 0.15) is 5.56 Å². The zero-order valence-electron chi connectivity index (χ0n) is 15.9. The van der Waals surface area contributed by atoms with E-state index in [1.165, 1.54) is 6.07 Å². The molecule has 0 fully saturated rings. The van der Waals surface area contributed by atoms with Crippen molar-refractivity contribution in [3.63, 3.8) is 0 Å². The molecule has 0 atom stereocenters. The maximum Gasteiger partial charge on any atom is 0.264 e. The van der Waals surface area contributed by atoms with E-state index in [9.17, 15) is 17.2 Å². The van der Waals surface area contributed by atoms with Gasteiger partial charge in [-0.1, -0.05) is 0 Å². The lowest BCUT2D eigenvalue weighted by Crippen LogP contribution is -2.15. The Morgan fingerprint density at radius 1 is 1.00 bits per heavy atom. The van der Waals surface area contributed by atoms with Crippen LogP contribution in [0.25, 0.3) is 0 Å². The molecule has 10 heteroatoms. The molecule has 0 aliphatic rings. The summed E-state index contributed by atoms with van der Waals surface area (Å²) in [6.07, 6.45) is 3.35. The van der Waals surface area contributed by atoms with Crippen LogP contribution >= 0.6 is 12.4 Å². The highest BCUT2D eigenvalue weighted by Crippen LogP contribution is 2.24. The monoisotopic (exact) mass is 455 g/mol. The minimum Gasteiger partial charge on any atom is -0.492 e. The van der Waals surface area contributed by atoms with Gasteiger partial charge in [-0.25, -0.2) is 17.2 Å². The maximum atomic E-state index is 13.9. The molecular weight excluding hydrogens is 436 g/mol. The highest BCUT2D eigenvalue weighted by molar-refractivity contribution is 7.92. The number of halogens is 3. The van der Waals surface area contributed by atoms with Crippen molar-refractivity contribution in [2.75, 3.05) is 23.2 Å². The summed E-state index contributed by atoms with van der Waals surface area (Å²) in [6.45, 7) is 2.64. The number of ether oxygens (including phenoxy) is 1. The topological polar surface area (TPSA) is 80.3 Å². The minimum atomic E-state index is -4.22. The molecule has 0 aliphatic heterocycles. The van der Waals surface area contributed by atoms with Crippen molar-refractivity contribution in [3.8, 4) is 5.75 Å². The molecule has 160 valence electrons. The van der Waals surface area contributed by atoms with E-state index in [-0.39, 0.29) is 18.1 Å². The number of benzene rings is 2. The number of rotatable bonds is 8. The van der Waals surface area contributed by atoms with E-state index in [1.807, 2.05) is 12.1 Å². The van der Waals surface area contributed by atoms with Gasteiger partial charge in [-0.05, 0) is 48.9 Å². The lowest BCUT2D eigenvalue weighted by molar-refractivity contribution is 0.333. The second-order valence-electron chi connectivity index (χ2n) is 6.23. The van der Waals surface area contributed by atoms with Gasteiger partial charge in [-0.15, -0.1) is 12.4 Å². The van der Waals surface area contributed by atoms with Gasteiger partial charge < -0.3 is 10.1 Å². The number of aryl methyl sites for hydroxylation is 1. The van der Waals surface area contributed by atoms with Crippen LogP contribution < -0.4 is 14.8 Å². The Bertz CT molecular complexity index is 1100. The average Bonchev–Trinajstić information content (AvgIpc) is 2.65. The molecule has 30 heavy (non-hydrogen) atoms. The molecule has 3 rings (SSSR count). The minimum absolute atomic E-state index is 0. The summed E-state index contributed by atoms with van der Waals surface area (Å²) in [7, 11) is -4.22. The molecular formula is C20H20ClF2N3O3S. The van der Waals surface area contributed by atoms with Crippen LogP contribution in [0.2, 0.25) is 0 Å². The molecule has 0 radical (unpaired) electrons. The molecule has 0 bridgehead atoms. The fourth-order valence-electron chi connectivity index (χ4n) is 2.63. The summed E-state index contributed by atoms with van der Waals surface area (Å²) < 4.78 is 59.8. The SMILES string of the molecule is Cc1cc(NS(=O)(=O)c2ccc(F)cc2F)cc(OCCNc2ccncc2)c1.Cl. The smallest absolute Gasteiger partial charge is 0.264 e. The first-order valence-electron chi connectivity index (χ1n) is 8.70. The first-order chi connectivity index (χ1) is 13.8. The summed E-state index contributed by atoms with van der Waals surface area (Å²) in [6, 6.07) is 10.8. The predicted molar refractivity (Wildman–Crippen MR) is 114 cm³/mol. The number of aromatic nitrogens is 1. The van der Waals surface area contributed by atoms with Crippen LogP contribution in [0.15, 0.2) is 65.8 Å². The van der Waals surface area contributed by atoms with Gasteiger partial charge in [0.2, 0.25) is 0 Å². The number of hydrogen-bond donors (Lipinski definition) is 2. The first kappa shape index (κ1) is 23.4. The Morgan fingerprint density at radius 3 is 2.43 bits per heavy atom. The second-order valence-corrected chi connectivity index (χ2v) is 7.88. The summed E-state index contributed by atoms with van der Waals surface area (Å²) >= 11 is 0. The molecule has 0 unspecified atom stereocenters. The van der Waals surface area contributed by atoms with Crippen molar-refractivity contribution < 1.29 is 21.9 Å². The fraction of sp³-hybridized carbons (Fsp3) is 0.150. The van der Waals surface area contributed by atoms with Crippen LogP contribution in [-0.2, 0) is 10.0 Å². The maximum absolute atomic E-state index is 13.9. The number of pyridine rings is 1. The van der Waals surface area contributed by atoms with Crippen LogP contribution in [0.5, 0.6) is 5.75 Å². The van der Waals surface area contributed by atoms with Gasteiger partial charge in [-0.2, -0.15) is 0 Å². The molecule has 0 saturated carbocycles. The third-order valence-corrected chi connectivity index (χ3v) is 5.28. The van der Waals surface area contributed by atoms with Gasteiger partial charge in [0.05, 0.1) is 5.69 Å². The molecule has 2 N–H and O–H groups in total. The Labute approximate surface area is 179 Å². The number of anilines is 2. The summed E-state index contributed by atoms with van der Waals surface area (Å²) in [5.74, 6) is -1.56. The second kappa shape index (κ2) is 10.2. The van der Waals surface area contributed by atoms with E-state index in [1.54, 1.807) is 31.5 Å². The van der Waals surface area contributed by atoms with E-state index in [4.69, 9.17) is 4.74 Å². The van der Waals surface area contributed by atoms with E-state index in [2.05, 4.69) is 15.0 Å². The van der Waals surface area contributed by atoms with Crippen molar-refractivity contribution in [2.24, 2.45) is 0 Å². The van der Waals surface area contributed by atoms with Crippen molar-refractivity contribution in [2.45, 2.75) is 11.8 Å². The summed E-state index contributed by atoms with van der Waals surface area (Å²) in [5.41, 5.74) is 1.87. The highest BCUT2D eigenvalue weighted by Gasteiger charge is 2.20. The van der Waals surface area contributed by atoms with Crippen LogP contribution in [0.4, 0.5) is 20.2 Å². The molecule has 6 nitrogen and oxygen atoms in total. The molecule has 0 aliphatic carbocycles. The van der Waals surface area contributed by atoms with Crippen molar-refractivity contribution in [1.82, 2.24) is 4.98 Å². The van der Waals surface area contributed by atoms with E-state index < -0.39 is 26.6 Å². The predicted octanol–water partition coefficient (Wildman–Crippen LogP) is 4.38. The normalized spacial score (nSPS) is 10.8. The Balaban J connectivity index is 0.00000320. The summed E-state index contributed by atoms with van der Waals surface area (Å²) in [4.78, 5) is 3.30.